The SMILES string of the molecule is CCCCC(NC(=O)N(CCO)CCCC)C(=O)O. The number of rotatable bonds is 10. The molecule has 0 heterocycles. The molecule has 0 radical (unpaired) electrons. The van der Waals surface area contributed by atoms with E-state index in [4.69, 9.17) is 10.2 Å². The molecule has 19 heavy (non-hydrogen) atoms. The third kappa shape index (κ3) is 7.66. The van der Waals surface area contributed by atoms with Crippen LogP contribution < -0.4 is 5.32 Å². The molecule has 0 aliphatic heterocycles. The van der Waals surface area contributed by atoms with Gasteiger partial charge < -0.3 is 20.4 Å². The Labute approximate surface area is 114 Å². The van der Waals surface area contributed by atoms with Crippen LogP contribution in [-0.2, 0) is 4.79 Å². The fourth-order valence-corrected chi connectivity index (χ4v) is 1.69. The van der Waals surface area contributed by atoms with Crippen molar-refractivity contribution >= 4 is 12.0 Å². The molecule has 0 rings (SSSR count). The Bertz CT molecular complexity index is 271. The number of carbonyl (C=O) groups excluding carboxylic acids is 1. The molecule has 0 spiro atoms. The van der Waals surface area contributed by atoms with Crippen molar-refractivity contribution in [3.05, 3.63) is 0 Å². The van der Waals surface area contributed by atoms with Crippen LogP contribution in [-0.4, -0.2) is 52.9 Å². The van der Waals surface area contributed by atoms with Crippen molar-refractivity contribution in [3.8, 4) is 0 Å². The smallest absolute Gasteiger partial charge is 0.326 e. The highest BCUT2D eigenvalue weighted by atomic mass is 16.4. The van der Waals surface area contributed by atoms with Gasteiger partial charge in [-0.1, -0.05) is 33.1 Å². The molecule has 0 aliphatic rings. The number of aliphatic hydroxyl groups is 1. The molecule has 0 aromatic heterocycles. The summed E-state index contributed by atoms with van der Waals surface area (Å²) in [5.41, 5.74) is 0. The van der Waals surface area contributed by atoms with Gasteiger partial charge in [0.15, 0.2) is 0 Å². The minimum atomic E-state index is -1.01. The van der Waals surface area contributed by atoms with Gasteiger partial charge in [-0.3, -0.25) is 0 Å². The molecule has 112 valence electrons. The molecule has 6 nitrogen and oxygen atoms in total. The molecular formula is C13H26N2O4. The number of nitrogens with one attached hydrogen (secondary N) is 1. The summed E-state index contributed by atoms with van der Waals surface area (Å²) in [6.45, 7) is 4.62. The van der Waals surface area contributed by atoms with Gasteiger partial charge in [-0.2, -0.15) is 0 Å². The van der Waals surface area contributed by atoms with Crippen LogP contribution in [0.2, 0.25) is 0 Å². The van der Waals surface area contributed by atoms with Crippen molar-refractivity contribution in [1.29, 1.82) is 0 Å². The maximum absolute atomic E-state index is 12.0. The summed E-state index contributed by atoms with van der Waals surface area (Å²) in [5.74, 6) is -1.01. The van der Waals surface area contributed by atoms with Gasteiger partial charge in [0.25, 0.3) is 0 Å². The van der Waals surface area contributed by atoms with Gasteiger partial charge in [-0.05, 0) is 12.8 Å². The molecule has 0 saturated heterocycles. The lowest BCUT2D eigenvalue weighted by Gasteiger charge is -2.24. The first-order chi connectivity index (χ1) is 9.06. The van der Waals surface area contributed by atoms with E-state index in [9.17, 15) is 9.59 Å². The summed E-state index contributed by atoms with van der Waals surface area (Å²) in [4.78, 5) is 24.5. The number of aliphatic hydroxyl groups excluding tert-OH is 1. The Morgan fingerprint density at radius 1 is 1.16 bits per heavy atom. The lowest BCUT2D eigenvalue weighted by atomic mass is 10.1. The maximum Gasteiger partial charge on any atom is 0.326 e. The zero-order valence-electron chi connectivity index (χ0n) is 11.9. The van der Waals surface area contributed by atoms with Gasteiger partial charge in [0, 0.05) is 13.1 Å². The number of carbonyl (C=O) groups is 2. The molecule has 0 aromatic carbocycles. The van der Waals surface area contributed by atoms with Crippen LogP contribution >= 0.6 is 0 Å². The van der Waals surface area contributed by atoms with E-state index in [1.165, 1.54) is 4.90 Å². The second-order valence-electron chi connectivity index (χ2n) is 4.55. The first-order valence-electron chi connectivity index (χ1n) is 6.95. The van der Waals surface area contributed by atoms with E-state index in [2.05, 4.69) is 5.32 Å². The minimum Gasteiger partial charge on any atom is -0.480 e. The highest BCUT2D eigenvalue weighted by Crippen LogP contribution is 2.03. The number of hydrogen-bond acceptors (Lipinski definition) is 3. The minimum absolute atomic E-state index is 0.121. The number of carboxylic acid groups (broad SMARTS) is 1. The number of nitrogens with zero attached hydrogens (tertiary/aromatic N) is 1. The number of unbranched alkanes of at least 4 members (excludes halogenated alkanes) is 2. The van der Waals surface area contributed by atoms with Crippen molar-refractivity contribution in [1.82, 2.24) is 10.2 Å². The van der Waals surface area contributed by atoms with Gasteiger partial charge in [0.1, 0.15) is 6.04 Å². The van der Waals surface area contributed by atoms with E-state index in [0.29, 0.717) is 13.0 Å². The lowest BCUT2D eigenvalue weighted by molar-refractivity contribution is -0.139. The van der Waals surface area contributed by atoms with Gasteiger partial charge in [0.2, 0.25) is 0 Å². The second-order valence-corrected chi connectivity index (χ2v) is 4.55. The quantitative estimate of drug-likeness (QED) is 0.562. The number of carboxylic acids is 1. The van der Waals surface area contributed by atoms with Crippen molar-refractivity contribution in [2.45, 2.75) is 52.0 Å². The average Bonchev–Trinajstić information content (AvgIpc) is 2.38. The fraction of sp³-hybridized carbons (Fsp3) is 0.846. The molecule has 0 aromatic rings. The van der Waals surface area contributed by atoms with Gasteiger partial charge in [-0.15, -0.1) is 0 Å². The van der Waals surface area contributed by atoms with E-state index >= 15 is 0 Å². The predicted octanol–water partition coefficient (Wildman–Crippen LogP) is 1.43. The molecule has 0 fully saturated rings. The van der Waals surface area contributed by atoms with E-state index in [-0.39, 0.29) is 13.2 Å². The monoisotopic (exact) mass is 274 g/mol. The van der Waals surface area contributed by atoms with Crippen LogP contribution in [0.15, 0.2) is 0 Å². The topological polar surface area (TPSA) is 89.9 Å². The molecule has 3 N–H and O–H groups in total. The Morgan fingerprint density at radius 3 is 2.26 bits per heavy atom. The molecule has 0 saturated carbocycles. The van der Waals surface area contributed by atoms with Crippen LogP contribution in [0.3, 0.4) is 0 Å². The summed E-state index contributed by atoms with van der Waals surface area (Å²) in [7, 11) is 0. The van der Waals surface area contributed by atoms with E-state index in [1.807, 2.05) is 13.8 Å². The predicted molar refractivity (Wildman–Crippen MR) is 73.0 cm³/mol. The van der Waals surface area contributed by atoms with Crippen LogP contribution in [0, 0.1) is 0 Å². The van der Waals surface area contributed by atoms with Crippen molar-refractivity contribution < 1.29 is 19.8 Å². The van der Waals surface area contributed by atoms with Crippen molar-refractivity contribution in [2.75, 3.05) is 19.7 Å². The lowest BCUT2D eigenvalue weighted by Crippen LogP contribution is -2.49. The highest BCUT2D eigenvalue weighted by Gasteiger charge is 2.22. The van der Waals surface area contributed by atoms with Gasteiger partial charge in [-0.25, -0.2) is 9.59 Å². The zero-order chi connectivity index (χ0) is 14.7. The fourth-order valence-electron chi connectivity index (χ4n) is 1.69. The highest BCUT2D eigenvalue weighted by molar-refractivity contribution is 5.82. The summed E-state index contributed by atoms with van der Waals surface area (Å²) < 4.78 is 0. The summed E-state index contributed by atoms with van der Waals surface area (Å²) in [6, 6.07) is -1.26. The van der Waals surface area contributed by atoms with Crippen LogP contribution in [0.4, 0.5) is 4.79 Å². The third-order valence-corrected chi connectivity index (χ3v) is 2.88. The first kappa shape index (κ1) is 17.7. The largest absolute Gasteiger partial charge is 0.480 e. The van der Waals surface area contributed by atoms with E-state index < -0.39 is 18.0 Å². The van der Waals surface area contributed by atoms with Crippen molar-refractivity contribution in [2.24, 2.45) is 0 Å². The molecule has 6 heteroatoms. The molecule has 1 unspecified atom stereocenters. The maximum atomic E-state index is 12.0. The van der Waals surface area contributed by atoms with Crippen molar-refractivity contribution in [3.63, 3.8) is 0 Å². The number of amides is 2. The van der Waals surface area contributed by atoms with Crippen LogP contribution in [0.5, 0.6) is 0 Å². The number of hydrogen-bond donors (Lipinski definition) is 3. The molecule has 1 atom stereocenters. The Morgan fingerprint density at radius 2 is 1.79 bits per heavy atom. The Balaban J connectivity index is 4.42. The van der Waals surface area contributed by atoms with E-state index in [0.717, 1.165) is 25.7 Å². The van der Waals surface area contributed by atoms with E-state index in [1.54, 1.807) is 0 Å². The summed E-state index contributed by atoms with van der Waals surface area (Å²) in [5, 5.41) is 20.5. The molecule has 0 aliphatic carbocycles. The van der Waals surface area contributed by atoms with Crippen LogP contribution in [0.1, 0.15) is 46.0 Å². The molecule has 0 bridgehead atoms. The average molecular weight is 274 g/mol. The number of aliphatic carboxylic acids is 1. The van der Waals surface area contributed by atoms with Gasteiger partial charge >= 0.3 is 12.0 Å². The Kier molecular flexibility index (Phi) is 9.88. The third-order valence-electron chi connectivity index (χ3n) is 2.88. The van der Waals surface area contributed by atoms with Crippen LogP contribution in [0.25, 0.3) is 0 Å². The number of urea groups is 1. The van der Waals surface area contributed by atoms with Gasteiger partial charge in [0.05, 0.1) is 6.61 Å². The Hall–Kier alpha value is -1.30. The zero-order valence-corrected chi connectivity index (χ0v) is 11.9. The normalized spacial score (nSPS) is 11.9. The second kappa shape index (κ2) is 10.6. The summed E-state index contributed by atoms with van der Waals surface area (Å²) >= 11 is 0. The first-order valence-corrected chi connectivity index (χ1v) is 6.95. The summed E-state index contributed by atoms with van der Waals surface area (Å²) in [6.07, 6.45) is 3.84. The standard InChI is InChI=1S/C13H26N2O4/c1-3-5-7-11(12(17)18)14-13(19)15(9-10-16)8-6-4-2/h11,16H,3-10H2,1-2H3,(H,14,19)(H,17,18). The molecule has 2 amide bonds. The molecular weight excluding hydrogens is 248 g/mol.